The Labute approximate surface area is 92.1 Å². The first-order chi connectivity index (χ1) is 7.26. The van der Waals surface area contributed by atoms with Gasteiger partial charge in [-0.25, -0.2) is 0 Å². The molecule has 0 bridgehead atoms. The smallest absolute Gasteiger partial charge is 0.224 e. The summed E-state index contributed by atoms with van der Waals surface area (Å²) in [5.74, 6) is 0.125. The first-order valence-electron chi connectivity index (χ1n) is 5.93. The van der Waals surface area contributed by atoms with Gasteiger partial charge in [0.15, 0.2) is 0 Å². The maximum Gasteiger partial charge on any atom is 0.224 e. The molecule has 0 radical (unpaired) electrons. The number of rotatable bonds is 5. The van der Waals surface area contributed by atoms with Gasteiger partial charge in [0, 0.05) is 19.0 Å². The molecular weight excluding hydrogens is 188 g/mol. The van der Waals surface area contributed by atoms with E-state index in [2.05, 4.69) is 11.4 Å². The fourth-order valence-electron chi connectivity index (χ4n) is 1.88. The van der Waals surface area contributed by atoms with Crippen LogP contribution in [0.5, 0.6) is 0 Å². The summed E-state index contributed by atoms with van der Waals surface area (Å²) in [6.45, 7) is 2.57. The summed E-state index contributed by atoms with van der Waals surface area (Å²) in [7, 11) is 0. The van der Waals surface area contributed by atoms with Gasteiger partial charge in [-0.15, -0.1) is 0 Å². The van der Waals surface area contributed by atoms with Crippen LogP contribution in [-0.2, 0) is 4.79 Å². The van der Waals surface area contributed by atoms with Crippen molar-refractivity contribution in [3.63, 3.8) is 0 Å². The molecule has 15 heavy (non-hydrogen) atoms. The van der Waals surface area contributed by atoms with Crippen molar-refractivity contribution < 1.29 is 4.79 Å². The van der Waals surface area contributed by atoms with Crippen molar-refractivity contribution in [3.8, 4) is 0 Å². The third kappa shape index (κ3) is 4.47. The number of allylic oxidation sites excluding steroid dienone is 1. The number of amides is 1. The molecule has 0 heterocycles. The molecule has 1 unspecified atom stereocenters. The van der Waals surface area contributed by atoms with Crippen LogP contribution >= 0.6 is 0 Å². The summed E-state index contributed by atoms with van der Waals surface area (Å²) in [6.07, 6.45) is 8.41. The molecule has 1 amide bonds. The van der Waals surface area contributed by atoms with Crippen molar-refractivity contribution in [3.05, 3.63) is 11.6 Å². The average molecular weight is 210 g/mol. The summed E-state index contributed by atoms with van der Waals surface area (Å²) in [5, 5.41) is 2.96. The van der Waals surface area contributed by atoms with Crippen molar-refractivity contribution >= 4 is 5.91 Å². The highest BCUT2D eigenvalue weighted by molar-refractivity contribution is 5.78. The van der Waals surface area contributed by atoms with E-state index < -0.39 is 0 Å². The molecular formula is C12H22N2O. The third-order valence-electron chi connectivity index (χ3n) is 2.92. The van der Waals surface area contributed by atoms with Gasteiger partial charge in [-0.1, -0.05) is 18.6 Å². The molecule has 3 heteroatoms. The van der Waals surface area contributed by atoms with Gasteiger partial charge in [-0.2, -0.15) is 0 Å². The Morgan fingerprint density at radius 3 is 2.93 bits per heavy atom. The Bertz CT molecular complexity index is 232. The molecule has 3 N–H and O–H groups in total. The lowest BCUT2D eigenvalue weighted by Gasteiger charge is -2.16. The van der Waals surface area contributed by atoms with Crippen LogP contribution in [0, 0.1) is 0 Å². The molecule has 0 aliphatic heterocycles. The molecule has 0 fully saturated rings. The Kier molecular flexibility index (Phi) is 5.40. The van der Waals surface area contributed by atoms with Crippen LogP contribution < -0.4 is 11.1 Å². The first kappa shape index (κ1) is 12.2. The van der Waals surface area contributed by atoms with Gasteiger partial charge in [0.05, 0.1) is 0 Å². The molecule has 1 aliphatic rings. The van der Waals surface area contributed by atoms with Crippen molar-refractivity contribution in [2.75, 3.05) is 6.54 Å². The predicted octanol–water partition coefficient (Wildman–Crippen LogP) is 1.73. The zero-order valence-corrected chi connectivity index (χ0v) is 9.59. The second kappa shape index (κ2) is 6.62. The minimum absolute atomic E-state index is 0.125. The second-order valence-electron chi connectivity index (χ2n) is 4.19. The van der Waals surface area contributed by atoms with Crippen molar-refractivity contribution in [2.24, 2.45) is 5.73 Å². The van der Waals surface area contributed by atoms with E-state index in [1.165, 1.54) is 18.4 Å². The number of hydrogen-bond donors (Lipinski definition) is 2. The van der Waals surface area contributed by atoms with Gasteiger partial charge in [0.2, 0.25) is 5.91 Å². The molecule has 1 aliphatic carbocycles. The van der Waals surface area contributed by atoms with E-state index in [1.807, 2.05) is 6.92 Å². The van der Waals surface area contributed by atoms with Crippen molar-refractivity contribution in [2.45, 2.75) is 51.5 Å². The van der Waals surface area contributed by atoms with Crippen molar-refractivity contribution in [1.82, 2.24) is 5.32 Å². The molecule has 0 spiro atoms. The van der Waals surface area contributed by atoms with Gasteiger partial charge in [0.1, 0.15) is 0 Å². The molecule has 0 aromatic heterocycles. The molecule has 0 aromatic carbocycles. The Hall–Kier alpha value is -0.830. The van der Waals surface area contributed by atoms with Crippen LogP contribution in [0.3, 0.4) is 0 Å². The molecule has 0 saturated heterocycles. The van der Waals surface area contributed by atoms with E-state index in [0.717, 1.165) is 19.3 Å². The Morgan fingerprint density at radius 1 is 1.60 bits per heavy atom. The number of carbonyl (C=O) groups excluding carboxylic acids is 1. The zero-order chi connectivity index (χ0) is 11.1. The van der Waals surface area contributed by atoms with E-state index in [4.69, 9.17) is 5.73 Å². The van der Waals surface area contributed by atoms with E-state index >= 15 is 0 Å². The van der Waals surface area contributed by atoms with Crippen LogP contribution in [0.15, 0.2) is 11.6 Å². The lowest BCUT2D eigenvalue weighted by Crippen LogP contribution is -2.39. The number of carbonyl (C=O) groups is 1. The van der Waals surface area contributed by atoms with Gasteiger partial charge in [-0.05, 0) is 32.1 Å². The highest BCUT2D eigenvalue weighted by Crippen LogP contribution is 2.19. The van der Waals surface area contributed by atoms with Crippen LogP contribution in [0.25, 0.3) is 0 Å². The van der Waals surface area contributed by atoms with E-state index in [-0.39, 0.29) is 11.9 Å². The zero-order valence-electron chi connectivity index (χ0n) is 9.59. The third-order valence-corrected chi connectivity index (χ3v) is 2.92. The van der Waals surface area contributed by atoms with E-state index in [9.17, 15) is 4.79 Å². The minimum atomic E-state index is 0.125. The molecule has 86 valence electrons. The van der Waals surface area contributed by atoms with Crippen LogP contribution in [-0.4, -0.2) is 18.5 Å². The summed E-state index contributed by atoms with van der Waals surface area (Å²) >= 11 is 0. The number of hydrogen-bond acceptors (Lipinski definition) is 2. The second-order valence-corrected chi connectivity index (χ2v) is 4.19. The molecule has 1 atom stereocenters. The quantitative estimate of drug-likeness (QED) is 0.679. The summed E-state index contributed by atoms with van der Waals surface area (Å²) < 4.78 is 0. The largest absolute Gasteiger partial charge is 0.352 e. The fourth-order valence-corrected chi connectivity index (χ4v) is 1.88. The van der Waals surface area contributed by atoms with Gasteiger partial charge in [0.25, 0.3) is 0 Å². The highest BCUT2D eigenvalue weighted by Gasteiger charge is 2.11. The first-order valence-corrected chi connectivity index (χ1v) is 5.93. The van der Waals surface area contributed by atoms with E-state index in [0.29, 0.717) is 13.0 Å². The van der Waals surface area contributed by atoms with Gasteiger partial charge < -0.3 is 11.1 Å². The van der Waals surface area contributed by atoms with Crippen molar-refractivity contribution in [1.29, 1.82) is 0 Å². The number of nitrogens with two attached hydrogens (primary N) is 1. The Morgan fingerprint density at radius 2 is 2.40 bits per heavy atom. The monoisotopic (exact) mass is 210 g/mol. The highest BCUT2D eigenvalue weighted by atomic mass is 16.1. The topological polar surface area (TPSA) is 55.1 Å². The maximum atomic E-state index is 11.6. The predicted molar refractivity (Wildman–Crippen MR) is 62.4 cm³/mol. The Balaban J connectivity index is 2.31. The fraction of sp³-hybridized carbons (Fsp3) is 0.750. The lowest BCUT2D eigenvalue weighted by atomic mass is 9.97. The summed E-state index contributed by atoms with van der Waals surface area (Å²) in [4.78, 5) is 11.6. The number of nitrogens with one attached hydrogen (secondary N) is 1. The summed E-state index contributed by atoms with van der Waals surface area (Å²) in [5.41, 5.74) is 6.83. The molecule has 0 aromatic rings. The van der Waals surface area contributed by atoms with Gasteiger partial charge in [-0.3, -0.25) is 4.79 Å². The van der Waals surface area contributed by atoms with Gasteiger partial charge >= 0.3 is 0 Å². The van der Waals surface area contributed by atoms with Crippen LogP contribution in [0.1, 0.15) is 45.4 Å². The van der Waals surface area contributed by atoms with E-state index in [1.54, 1.807) is 0 Å². The molecule has 1 rings (SSSR count). The van der Waals surface area contributed by atoms with Crippen LogP contribution in [0.2, 0.25) is 0 Å². The molecule has 0 saturated carbocycles. The minimum Gasteiger partial charge on any atom is -0.352 e. The van der Waals surface area contributed by atoms with Crippen LogP contribution in [0.4, 0.5) is 0 Å². The summed E-state index contributed by atoms with van der Waals surface area (Å²) in [6, 6.07) is 0.140. The average Bonchev–Trinajstić information content (AvgIpc) is 2.27. The molecule has 3 nitrogen and oxygen atoms in total. The normalized spacial score (nSPS) is 18.1. The standard InChI is InChI=1S/C12H22N2O/c1-2-11(9-13)14-12(15)8-10-6-4-3-5-7-10/h6,11H,2-5,7-9,13H2,1H3,(H,14,15). The maximum absolute atomic E-state index is 11.6. The SMILES string of the molecule is CCC(CN)NC(=O)CC1=CCCCC1. The lowest BCUT2D eigenvalue weighted by molar-refractivity contribution is -0.121.